The molecule has 0 radical (unpaired) electrons. The zero-order valence-electron chi connectivity index (χ0n) is 24.4. The van der Waals surface area contributed by atoms with Gasteiger partial charge in [-0.15, -0.1) is 0 Å². The van der Waals surface area contributed by atoms with E-state index < -0.39 is 35.1 Å². The predicted molar refractivity (Wildman–Crippen MR) is 160 cm³/mol. The molecular weight excluding hydrogens is 530 g/mol. The first-order chi connectivity index (χ1) is 20.2. The molecule has 2 unspecified atom stereocenters. The van der Waals surface area contributed by atoms with Crippen LogP contribution in [0.2, 0.25) is 0 Å². The summed E-state index contributed by atoms with van der Waals surface area (Å²) in [6.07, 6.45) is 1.56. The molecule has 0 aliphatic carbocycles. The number of benzene rings is 3. The molecule has 1 spiro atoms. The number of likely N-dealkylation sites (tertiary alicyclic amines) is 1. The molecule has 0 aromatic heterocycles. The lowest BCUT2D eigenvalue weighted by atomic mass is 9.66. The highest BCUT2D eigenvalue weighted by molar-refractivity contribution is 6.04. The van der Waals surface area contributed by atoms with Crippen LogP contribution in [0.5, 0.6) is 0 Å². The van der Waals surface area contributed by atoms with Gasteiger partial charge >= 0.3 is 0 Å². The third-order valence-corrected chi connectivity index (χ3v) is 9.42. The monoisotopic (exact) mass is 569 g/mol. The molecule has 42 heavy (non-hydrogen) atoms. The topological polar surface area (TPSA) is 108 Å². The molecule has 3 aromatic carbocycles. The molecule has 6 rings (SSSR count). The highest BCUT2D eigenvalue weighted by Gasteiger charge is 2.78. The number of amides is 3. The predicted octanol–water partition coefficient (Wildman–Crippen LogP) is 4.27. The second kappa shape index (κ2) is 10.8. The van der Waals surface area contributed by atoms with Crippen LogP contribution in [0.4, 0.5) is 5.69 Å². The number of fused-ring (bicyclic) bond motifs is 2. The van der Waals surface area contributed by atoms with Crippen LogP contribution in [-0.2, 0) is 25.7 Å². The van der Waals surface area contributed by atoms with E-state index in [1.54, 1.807) is 4.90 Å². The van der Waals surface area contributed by atoms with Gasteiger partial charge in [0.2, 0.25) is 17.7 Å². The number of nitrogens with one attached hydrogen (secondary N) is 2. The number of carbonyl (C=O) groups excluding carboxylic acids is 3. The van der Waals surface area contributed by atoms with Gasteiger partial charge in [0.05, 0.1) is 30.1 Å². The Morgan fingerprint density at radius 1 is 1.00 bits per heavy atom. The van der Waals surface area contributed by atoms with Crippen LogP contribution < -0.4 is 10.6 Å². The minimum atomic E-state index is -1.16. The molecule has 2 bridgehead atoms. The standard InChI is InChI=1S/C34H39N3O5/c1-21(2)17-26(20-38)37-29(31(40)36-25-14-13-23-11-7-8-12-24(23)18-25)34-16-15-33(3,42-34)27(28(34)32(37)41)30(39)35-19-22-9-5-4-6-10-22/h4-14,18,21,26-29,38H,15-17,19-20H2,1-3H3,(H,35,39)(H,36,40)/t26-,27+,28+,29?,33-,34?/m1/s1. The number of rotatable bonds is 9. The zero-order chi connectivity index (χ0) is 29.6. The third kappa shape index (κ3) is 4.67. The quantitative estimate of drug-likeness (QED) is 0.357. The van der Waals surface area contributed by atoms with Crippen LogP contribution in [0, 0.1) is 17.8 Å². The normalized spacial score (nSPS) is 28.7. The molecule has 3 saturated heterocycles. The third-order valence-electron chi connectivity index (χ3n) is 9.42. The number of nitrogens with zero attached hydrogens (tertiary/aromatic N) is 1. The Morgan fingerprint density at radius 2 is 1.71 bits per heavy atom. The molecule has 220 valence electrons. The summed E-state index contributed by atoms with van der Waals surface area (Å²) in [6, 6.07) is 21.7. The van der Waals surface area contributed by atoms with Gasteiger partial charge in [-0.2, -0.15) is 0 Å². The molecule has 3 aliphatic heterocycles. The van der Waals surface area contributed by atoms with Gasteiger partial charge in [-0.3, -0.25) is 14.4 Å². The van der Waals surface area contributed by atoms with Gasteiger partial charge in [-0.1, -0.05) is 74.5 Å². The van der Waals surface area contributed by atoms with Gasteiger partial charge in [0, 0.05) is 12.2 Å². The number of hydrogen-bond acceptors (Lipinski definition) is 5. The van der Waals surface area contributed by atoms with Gasteiger partial charge in [0.15, 0.2) is 0 Å². The maximum Gasteiger partial charge on any atom is 0.250 e. The first-order valence-electron chi connectivity index (χ1n) is 14.9. The Hall–Kier alpha value is -3.75. The van der Waals surface area contributed by atoms with E-state index in [-0.39, 0.29) is 30.2 Å². The minimum absolute atomic E-state index is 0.178. The number of aliphatic hydroxyl groups excluding tert-OH is 1. The highest BCUT2D eigenvalue weighted by atomic mass is 16.5. The van der Waals surface area contributed by atoms with Crippen molar-refractivity contribution in [3.8, 4) is 0 Å². The van der Waals surface area contributed by atoms with E-state index in [1.165, 1.54) is 0 Å². The summed E-state index contributed by atoms with van der Waals surface area (Å²) in [6.45, 7) is 5.99. The largest absolute Gasteiger partial charge is 0.394 e. The van der Waals surface area contributed by atoms with Crippen molar-refractivity contribution in [1.29, 1.82) is 0 Å². The number of anilines is 1. The number of carbonyl (C=O) groups is 3. The lowest BCUT2D eigenvalue weighted by Crippen LogP contribution is -2.56. The maximum atomic E-state index is 14.4. The summed E-state index contributed by atoms with van der Waals surface area (Å²) >= 11 is 0. The fourth-order valence-corrected chi connectivity index (χ4v) is 7.65. The summed E-state index contributed by atoms with van der Waals surface area (Å²) in [5, 5.41) is 18.6. The van der Waals surface area contributed by atoms with E-state index in [0.29, 0.717) is 31.5 Å². The number of ether oxygens (including phenoxy) is 1. The van der Waals surface area contributed by atoms with E-state index in [2.05, 4.69) is 10.6 Å². The molecule has 0 saturated carbocycles. The second-order valence-electron chi connectivity index (χ2n) is 12.7. The molecule has 3 heterocycles. The lowest BCUT2D eigenvalue weighted by Gasteiger charge is -2.37. The highest BCUT2D eigenvalue weighted by Crippen LogP contribution is 2.63. The van der Waals surface area contributed by atoms with E-state index in [0.717, 1.165) is 16.3 Å². The van der Waals surface area contributed by atoms with Crippen molar-refractivity contribution in [3.05, 3.63) is 78.4 Å². The Balaban J connectivity index is 1.35. The first-order valence-corrected chi connectivity index (χ1v) is 14.9. The molecular formula is C34H39N3O5. The minimum Gasteiger partial charge on any atom is -0.394 e. The summed E-state index contributed by atoms with van der Waals surface area (Å²) in [7, 11) is 0. The number of hydrogen-bond donors (Lipinski definition) is 3. The van der Waals surface area contributed by atoms with E-state index in [4.69, 9.17) is 4.74 Å². The Bertz CT molecular complexity index is 1510. The SMILES string of the molecule is CC(C)C[C@H](CO)N1C(=O)[C@@H]2[C@@H](C(=O)NCc3ccccc3)[C@@]3(C)CCC2(O3)C1C(=O)Nc1ccc2ccccc2c1. The molecule has 3 N–H and O–H groups in total. The van der Waals surface area contributed by atoms with Crippen LogP contribution >= 0.6 is 0 Å². The zero-order valence-corrected chi connectivity index (χ0v) is 24.4. The van der Waals surface area contributed by atoms with Crippen molar-refractivity contribution in [1.82, 2.24) is 10.2 Å². The van der Waals surface area contributed by atoms with Crippen LogP contribution in [0.3, 0.4) is 0 Å². The molecule has 6 atom stereocenters. The molecule has 8 heteroatoms. The Labute approximate surface area is 246 Å². The first kappa shape index (κ1) is 28.4. The Kier molecular flexibility index (Phi) is 7.31. The van der Waals surface area contributed by atoms with E-state index >= 15 is 0 Å². The van der Waals surface area contributed by atoms with Crippen LogP contribution in [0.1, 0.15) is 45.6 Å². The average Bonchev–Trinajstić information content (AvgIpc) is 3.55. The smallest absolute Gasteiger partial charge is 0.250 e. The summed E-state index contributed by atoms with van der Waals surface area (Å²) in [4.78, 5) is 44.0. The van der Waals surface area contributed by atoms with Crippen molar-refractivity contribution in [3.63, 3.8) is 0 Å². The van der Waals surface area contributed by atoms with Gasteiger partial charge in [0.1, 0.15) is 11.6 Å². The van der Waals surface area contributed by atoms with Crippen molar-refractivity contribution in [2.45, 2.75) is 69.9 Å². The van der Waals surface area contributed by atoms with Crippen LogP contribution in [0.25, 0.3) is 10.8 Å². The second-order valence-corrected chi connectivity index (χ2v) is 12.7. The van der Waals surface area contributed by atoms with Crippen molar-refractivity contribution in [2.24, 2.45) is 17.8 Å². The van der Waals surface area contributed by atoms with Gasteiger partial charge < -0.3 is 25.4 Å². The molecule has 3 fully saturated rings. The van der Waals surface area contributed by atoms with Crippen molar-refractivity contribution >= 4 is 34.2 Å². The Morgan fingerprint density at radius 3 is 2.43 bits per heavy atom. The molecule has 3 amide bonds. The van der Waals surface area contributed by atoms with Crippen LogP contribution in [-0.4, -0.2) is 57.6 Å². The molecule has 3 aliphatic rings. The van der Waals surface area contributed by atoms with E-state index in [9.17, 15) is 19.5 Å². The molecule has 3 aromatic rings. The van der Waals surface area contributed by atoms with Crippen molar-refractivity contribution in [2.75, 3.05) is 11.9 Å². The van der Waals surface area contributed by atoms with E-state index in [1.807, 2.05) is 93.6 Å². The maximum absolute atomic E-state index is 14.4. The van der Waals surface area contributed by atoms with Gasteiger partial charge in [0.25, 0.3) is 0 Å². The average molecular weight is 570 g/mol. The summed E-state index contributed by atoms with van der Waals surface area (Å²) in [5.74, 6) is -2.30. The molecule has 8 nitrogen and oxygen atoms in total. The number of aliphatic hydroxyl groups is 1. The summed E-state index contributed by atoms with van der Waals surface area (Å²) in [5.41, 5.74) is -0.460. The van der Waals surface area contributed by atoms with Crippen molar-refractivity contribution < 1.29 is 24.2 Å². The lowest BCUT2D eigenvalue weighted by molar-refractivity contribution is -0.148. The summed E-state index contributed by atoms with van der Waals surface area (Å²) < 4.78 is 6.73. The fraction of sp³-hybridized carbons (Fsp3) is 0.441. The van der Waals surface area contributed by atoms with Gasteiger partial charge in [-0.25, -0.2) is 0 Å². The van der Waals surface area contributed by atoms with Gasteiger partial charge in [-0.05, 0) is 60.6 Å². The fourth-order valence-electron chi connectivity index (χ4n) is 7.65. The van der Waals surface area contributed by atoms with Crippen LogP contribution in [0.15, 0.2) is 72.8 Å².